The van der Waals surface area contributed by atoms with E-state index >= 15 is 0 Å². The van der Waals surface area contributed by atoms with Crippen molar-refractivity contribution in [1.29, 1.82) is 0 Å². The molecule has 0 saturated carbocycles. The van der Waals surface area contributed by atoms with E-state index in [1.54, 1.807) is 17.1 Å². The molecule has 8 heteroatoms. The van der Waals surface area contributed by atoms with E-state index in [0.29, 0.717) is 29.7 Å². The largest absolute Gasteiger partial charge is 0.459 e. The van der Waals surface area contributed by atoms with Crippen molar-refractivity contribution in [2.45, 2.75) is 46.1 Å². The molecule has 0 radical (unpaired) electrons. The van der Waals surface area contributed by atoms with Crippen LogP contribution in [0.2, 0.25) is 0 Å². The standard InChI is InChI=1S/C22H26N4O3S/c1-14(2)19(23-10-9-17-28-11-12-29-17)20-24-21-18(15(3)25-30-21)22(27)26(20)13-16-7-5-4-6-8-16/h4-8,11-12,14,17,19,23H,9-10,13H2,1-3H3. The molecule has 1 unspecified atom stereocenters. The lowest BCUT2D eigenvalue weighted by Crippen LogP contribution is -2.36. The normalized spacial score (nSPS) is 14.9. The van der Waals surface area contributed by atoms with Gasteiger partial charge >= 0.3 is 0 Å². The molecule has 3 heterocycles. The number of hydrogen-bond donors (Lipinski definition) is 1. The van der Waals surface area contributed by atoms with Crippen LogP contribution in [0.15, 0.2) is 47.7 Å². The number of nitrogens with zero attached hydrogens (tertiary/aromatic N) is 3. The molecule has 1 aliphatic rings. The number of rotatable bonds is 8. The van der Waals surface area contributed by atoms with Crippen molar-refractivity contribution >= 4 is 21.7 Å². The van der Waals surface area contributed by atoms with E-state index in [4.69, 9.17) is 14.5 Å². The highest BCUT2D eigenvalue weighted by Gasteiger charge is 2.25. The van der Waals surface area contributed by atoms with Crippen LogP contribution in [0.4, 0.5) is 0 Å². The number of aryl methyl sites for hydroxylation is 1. The van der Waals surface area contributed by atoms with E-state index in [-0.39, 0.29) is 23.8 Å². The molecule has 1 N–H and O–H groups in total. The molecule has 1 atom stereocenters. The first-order valence-corrected chi connectivity index (χ1v) is 10.9. The van der Waals surface area contributed by atoms with Crippen molar-refractivity contribution in [1.82, 2.24) is 19.2 Å². The molecule has 1 aliphatic heterocycles. The van der Waals surface area contributed by atoms with E-state index in [2.05, 4.69) is 23.5 Å². The summed E-state index contributed by atoms with van der Waals surface area (Å²) in [6, 6.07) is 9.90. The van der Waals surface area contributed by atoms with E-state index in [0.717, 1.165) is 17.1 Å². The maximum Gasteiger partial charge on any atom is 0.264 e. The predicted octanol–water partition coefficient (Wildman–Crippen LogP) is 3.73. The Hall–Kier alpha value is -2.71. The topological polar surface area (TPSA) is 78.3 Å². The number of fused-ring (bicyclic) bond motifs is 1. The molecule has 0 aliphatic carbocycles. The van der Waals surface area contributed by atoms with Gasteiger partial charge in [0.2, 0.25) is 6.29 Å². The van der Waals surface area contributed by atoms with E-state index in [9.17, 15) is 4.79 Å². The zero-order valence-corrected chi connectivity index (χ0v) is 18.2. The summed E-state index contributed by atoms with van der Waals surface area (Å²) < 4.78 is 16.9. The fraction of sp³-hybridized carbons (Fsp3) is 0.409. The van der Waals surface area contributed by atoms with E-state index < -0.39 is 0 Å². The van der Waals surface area contributed by atoms with Crippen LogP contribution in [0.5, 0.6) is 0 Å². The van der Waals surface area contributed by atoms with Crippen LogP contribution in [0, 0.1) is 12.8 Å². The average molecular weight is 427 g/mol. The first-order valence-electron chi connectivity index (χ1n) is 10.1. The van der Waals surface area contributed by atoms with Gasteiger partial charge in [-0.3, -0.25) is 9.36 Å². The third-order valence-electron chi connectivity index (χ3n) is 5.19. The summed E-state index contributed by atoms with van der Waals surface area (Å²) in [6.07, 6.45) is 3.55. The van der Waals surface area contributed by atoms with Gasteiger partial charge in [0.15, 0.2) is 4.83 Å². The van der Waals surface area contributed by atoms with Crippen LogP contribution < -0.4 is 10.9 Å². The monoisotopic (exact) mass is 426 g/mol. The van der Waals surface area contributed by atoms with Gasteiger partial charge in [-0.25, -0.2) is 4.98 Å². The van der Waals surface area contributed by atoms with Crippen LogP contribution in [0.25, 0.3) is 10.2 Å². The Bertz CT molecular complexity index is 1080. The molecule has 4 rings (SSSR count). The maximum absolute atomic E-state index is 13.5. The Morgan fingerprint density at radius 3 is 2.63 bits per heavy atom. The van der Waals surface area contributed by atoms with Crippen LogP contribution in [-0.4, -0.2) is 26.8 Å². The zero-order chi connectivity index (χ0) is 21.1. The van der Waals surface area contributed by atoms with Gasteiger partial charge < -0.3 is 14.8 Å². The Kier molecular flexibility index (Phi) is 6.15. The van der Waals surface area contributed by atoms with Crippen molar-refractivity contribution in [3.05, 3.63) is 70.3 Å². The minimum Gasteiger partial charge on any atom is -0.459 e. The fourth-order valence-electron chi connectivity index (χ4n) is 3.63. The summed E-state index contributed by atoms with van der Waals surface area (Å²) in [6.45, 7) is 7.27. The van der Waals surface area contributed by atoms with Gasteiger partial charge in [0.25, 0.3) is 5.56 Å². The Labute approximate surface area is 179 Å². The first kappa shape index (κ1) is 20.6. The third-order valence-corrected chi connectivity index (χ3v) is 6.02. The highest BCUT2D eigenvalue weighted by atomic mass is 32.1. The van der Waals surface area contributed by atoms with Crippen LogP contribution in [-0.2, 0) is 16.0 Å². The van der Waals surface area contributed by atoms with Crippen LogP contribution in [0.3, 0.4) is 0 Å². The average Bonchev–Trinajstić information content (AvgIpc) is 3.38. The summed E-state index contributed by atoms with van der Waals surface area (Å²) in [4.78, 5) is 19.1. The van der Waals surface area contributed by atoms with Crippen LogP contribution in [0.1, 0.15) is 43.4 Å². The quantitative estimate of drug-likeness (QED) is 0.591. The predicted molar refractivity (Wildman–Crippen MR) is 117 cm³/mol. The minimum absolute atomic E-state index is 0.0378. The number of benzene rings is 1. The van der Waals surface area contributed by atoms with Crippen molar-refractivity contribution in [3.63, 3.8) is 0 Å². The van der Waals surface area contributed by atoms with Crippen molar-refractivity contribution in [3.8, 4) is 0 Å². The zero-order valence-electron chi connectivity index (χ0n) is 17.4. The lowest BCUT2D eigenvalue weighted by atomic mass is 10.0. The van der Waals surface area contributed by atoms with Gasteiger partial charge in [-0.1, -0.05) is 44.2 Å². The number of ether oxygens (including phenoxy) is 2. The van der Waals surface area contributed by atoms with E-state index in [1.807, 2.05) is 37.3 Å². The molecule has 158 valence electrons. The minimum atomic E-state index is -0.267. The smallest absolute Gasteiger partial charge is 0.264 e. The number of nitrogens with one attached hydrogen (secondary N) is 1. The molecular formula is C22H26N4O3S. The molecule has 2 aromatic heterocycles. The summed E-state index contributed by atoms with van der Waals surface area (Å²) >= 11 is 1.28. The second-order valence-corrected chi connectivity index (χ2v) is 8.49. The van der Waals surface area contributed by atoms with Gasteiger partial charge in [-0.05, 0) is 29.9 Å². The summed E-state index contributed by atoms with van der Waals surface area (Å²) in [5.74, 6) is 0.968. The SMILES string of the molecule is Cc1nsc2nc(C(NCCC3OC=CO3)C(C)C)n(Cc3ccccc3)c(=O)c12. The molecule has 7 nitrogen and oxygen atoms in total. The Morgan fingerprint density at radius 1 is 1.20 bits per heavy atom. The van der Waals surface area contributed by atoms with Gasteiger partial charge in [0.05, 0.1) is 23.7 Å². The summed E-state index contributed by atoms with van der Waals surface area (Å²) in [5, 5.41) is 4.17. The highest BCUT2D eigenvalue weighted by Crippen LogP contribution is 2.25. The molecule has 3 aromatic rings. The Morgan fingerprint density at radius 2 is 1.93 bits per heavy atom. The molecule has 30 heavy (non-hydrogen) atoms. The van der Waals surface area contributed by atoms with Gasteiger partial charge in [-0.2, -0.15) is 4.37 Å². The summed E-state index contributed by atoms with van der Waals surface area (Å²) in [7, 11) is 0. The lowest BCUT2D eigenvalue weighted by molar-refractivity contribution is -0.0279. The molecule has 0 fully saturated rings. The molecular weight excluding hydrogens is 400 g/mol. The first-order chi connectivity index (χ1) is 14.5. The fourth-order valence-corrected chi connectivity index (χ4v) is 4.40. The second kappa shape index (κ2) is 8.97. The molecule has 0 amide bonds. The molecule has 1 aromatic carbocycles. The van der Waals surface area contributed by atoms with Gasteiger partial charge in [0, 0.05) is 13.0 Å². The summed E-state index contributed by atoms with van der Waals surface area (Å²) in [5.41, 5.74) is 1.76. The number of aromatic nitrogens is 3. The van der Waals surface area contributed by atoms with Gasteiger partial charge in [0.1, 0.15) is 18.3 Å². The van der Waals surface area contributed by atoms with Gasteiger partial charge in [-0.15, -0.1) is 0 Å². The molecule has 0 spiro atoms. The Balaban J connectivity index is 1.70. The number of hydrogen-bond acceptors (Lipinski definition) is 7. The lowest BCUT2D eigenvalue weighted by Gasteiger charge is -2.25. The van der Waals surface area contributed by atoms with E-state index in [1.165, 1.54) is 11.5 Å². The maximum atomic E-state index is 13.5. The van der Waals surface area contributed by atoms with Crippen molar-refractivity contribution in [2.75, 3.05) is 6.54 Å². The van der Waals surface area contributed by atoms with Crippen LogP contribution >= 0.6 is 11.5 Å². The second-order valence-electron chi connectivity index (χ2n) is 7.73. The molecule has 0 bridgehead atoms. The molecule has 0 saturated heterocycles. The van der Waals surface area contributed by atoms with Crippen molar-refractivity contribution in [2.24, 2.45) is 5.92 Å². The third kappa shape index (κ3) is 4.24. The highest BCUT2D eigenvalue weighted by molar-refractivity contribution is 7.12. The van der Waals surface area contributed by atoms with Crippen molar-refractivity contribution < 1.29 is 9.47 Å².